The second-order valence-corrected chi connectivity index (χ2v) is 12.8. The zero-order valence-electron chi connectivity index (χ0n) is 26.7. The molecule has 0 N–H and O–H groups in total. The highest BCUT2D eigenvalue weighted by Crippen LogP contribution is 2.47. The third-order valence-corrected chi connectivity index (χ3v) is 10.0. The minimum absolute atomic E-state index is 0.906. The number of hydrogen-bond acceptors (Lipinski definition) is 1. The molecular formula is C48H30O. The van der Waals surface area contributed by atoms with E-state index in [1.54, 1.807) is 0 Å². The van der Waals surface area contributed by atoms with Crippen molar-refractivity contribution in [1.29, 1.82) is 0 Å². The van der Waals surface area contributed by atoms with E-state index in [-0.39, 0.29) is 0 Å². The maximum absolute atomic E-state index is 6.55. The Labute approximate surface area is 284 Å². The molecule has 0 spiro atoms. The van der Waals surface area contributed by atoms with Crippen LogP contribution in [0, 0.1) is 0 Å². The lowest BCUT2D eigenvalue weighted by molar-refractivity contribution is 0.670. The van der Waals surface area contributed by atoms with Crippen molar-refractivity contribution in [2.24, 2.45) is 0 Å². The van der Waals surface area contributed by atoms with Crippen LogP contribution in [-0.4, -0.2) is 0 Å². The molecule has 1 nitrogen and oxygen atoms in total. The first-order valence-electron chi connectivity index (χ1n) is 16.8. The van der Waals surface area contributed by atoms with Gasteiger partial charge < -0.3 is 4.42 Å². The molecule has 9 aromatic carbocycles. The van der Waals surface area contributed by atoms with E-state index < -0.39 is 0 Å². The molecule has 0 amide bonds. The molecule has 1 heteroatoms. The number of fused-ring (bicyclic) bond motifs is 6. The third-order valence-electron chi connectivity index (χ3n) is 10.0. The van der Waals surface area contributed by atoms with E-state index in [1.807, 2.05) is 6.07 Å². The van der Waals surface area contributed by atoms with Crippen molar-refractivity contribution in [3.8, 4) is 44.5 Å². The first-order chi connectivity index (χ1) is 24.3. The zero-order valence-corrected chi connectivity index (χ0v) is 26.7. The molecule has 0 saturated carbocycles. The summed E-state index contributed by atoms with van der Waals surface area (Å²) in [6, 6.07) is 65.8. The van der Waals surface area contributed by atoms with E-state index in [9.17, 15) is 0 Å². The maximum Gasteiger partial charge on any atom is 0.143 e. The van der Waals surface area contributed by atoms with Crippen molar-refractivity contribution < 1.29 is 4.42 Å². The molecule has 0 radical (unpaired) electrons. The monoisotopic (exact) mass is 622 g/mol. The Hall–Kier alpha value is -6.44. The average Bonchev–Trinajstić information content (AvgIpc) is 3.55. The minimum atomic E-state index is 0.906. The molecular weight excluding hydrogens is 593 g/mol. The Balaban J connectivity index is 1.25. The number of hydrogen-bond donors (Lipinski definition) is 0. The predicted molar refractivity (Wildman–Crippen MR) is 208 cm³/mol. The highest BCUT2D eigenvalue weighted by molar-refractivity contribution is 6.23. The molecule has 0 bridgehead atoms. The van der Waals surface area contributed by atoms with Crippen molar-refractivity contribution in [3.05, 3.63) is 182 Å². The van der Waals surface area contributed by atoms with Crippen LogP contribution in [-0.2, 0) is 0 Å². The van der Waals surface area contributed by atoms with E-state index in [0.717, 1.165) is 33.1 Å². The van der Waals surface area contributed by atoms with E-state index in [1.165, 1.54) is 65.7 Å². The lowest BCUT2D eigenvalue weighted by Crippen LogP contribution is -1.92. The molecule has 0 aliphatic carbocycles. The second-order valence-electron chi connectivity index (χ2n) is 12.8. The standard InChI is InChI=1S/C48H30O/c1-2-14-32(15-3-1)43-29-37(30-44-38-19-10-11-24-45(38)49-48(43)44)47-41-22-8-6-20-39(41)46(40-21-7-9-23-42(40)47)36-18-12-17-34(28-36)35-26-25-31-13-4-5-16-33(31)27-35/h1-30H. The SMILES string of the molecule is c1ccc(-c2cc(-c3c4ccccc4c(-c4cccc(-c5ccc6ccccc6c5)c4)c4ccccc34)cc3c2oc2ccccc23)cc1. The molecule has 1 aromatic heterocycles. The summed E-state index contributed by atoms with van der Waals surface area (Å²) < 4.78 is 6.55. The fourth-order valence-electron chi connectivity index (χ4n) is 7.78. The zero-order chi connectivity index (χ0) is 32.3. The van der Waals surface area contributed by atoms with Gasteiger partial charge in [0.15, 0.2) is 0 Å². The maximum atomic E-state index is 6.55. The summed E-state index contributed by atoms with van der Waals surface area (Å²) in [4.78, 5) is 0. The lowest BCUT2D eigenvalue weighted by Gasteiger charge is -2.19. The van der Waals surface area contributed by atoms with Crippen LogP contribution in [0.3, 0.4) is 0 Å². The van der Waals surface area contributed by atoms with Crippen LogP contribution in [0.1, 0.15) is 0 Å². The fraction of sp³-hybridized carbons (Fsp3) is 0. The summed E-state index contributed by atoms with van der Waals surface area (Å²) in [5.74, 6) is 0. The first-order valence-corrected chi connectivity index (χ1v) is 16.8. The largest absolute Gasteiger partial charge is 0.455 e. The molecule has 0 aliphatic rings. The van der Waals surface area contributed by atoms with Crippen LogP contribution in [0.15, 0.2) is 186 Å². The van der Waals surface area contributed by atoms with Gasteiger partial charge in [0.1, 0.15) is 11.2 Å². The Morgan fingerprint density at radius 2 is 0.837 bits per heavy atom. The quantitative estimate of drug-likeness (QED) is 0.178. The van der Waals surface area contributed by atoms with Gasteiger partial charge in [-0.1, -0.05) is 152 Å². The van der Waals surface area contributed by atoms with E-state index in [4.69, 9.17) is 4.42 Å². The number of rotatable bonds is 4. The number of benzene rings is 9. The molecule has 0 aliphatic heterocycles. The molecule has 0 unspecified atom stereocenters. The highest BCUT2D eigenvalue weighted by atomic mass is 16.3. The Morgan fingerprint density at radius 1 is 0.286 bits per heavy atom. The summed E-state index contributed by atoms with van der Waals surface area (Å²) in [5, 5.41) is 9.72. The normalized spacial score (nSPS) is 11.7. The Kier molecular flexibility index (Phi) is 6.25. The average molecular weight is 623 g/mol. The molecule has 10 aromatic rings. The Morgan fingerprint density at radius 3 is 1.57 bits per heavy atom. The van der Waals surface area contributed by atoms with Crippen LogP contribution in [0.4, 0.5) is 0 Å². The van der Waals surface area contributed by atoms with Crippen molar-refractivity contribution in [3.63, 3.8) is 0 Å². The summed E-state index contributed by atoms with van der Waals surface area (Å²) in [6.45, 7) is 0. The van der Waals surface area contributed by atoms with Gasteiger partial charge in [-0.05, 0) is 102 Å². The molecule has 0 saturated heterocycles. The lowest BCUT2D eigenvalue weighted by atomic mass is 9.84. The van der Waals surface area contributed by atoms with E-state index in [0.29, 0.717) is 0 Å². The number of para-hydroxylation sites is 1. The smallest absolute Gasteiger partial charge is 0.143 e. The fourth-order valence-corrected chi connectivity index (χ4v) is 7.78. The first kappa shape index (κ1) is 27.7. The van der Waals surface area contributed by atoms with Gasteiger partial charge in [-0.25, -0.2) is 0 Å². The number of furan rings is 1. The molecule has 1 heterocycles. The van der Waals surface area contributed by atoms with Gasteiger partial charge in [0, 0.05) is 16.3 Å². The van der Waals surface area contributed by atoms with Gasteiger partial charge in [0.2, 0.25) is 0 Å². The highest BCUT2D eigenvalue weighted by Gasteiger charge is 2.20. The van der Waals surface area contributed by atoms with Gasteiger partial charge in [-0.2, -0.15) is 0 Å². The van der Waals surface area contributed by atoms with E-state index >= 15 is 0 Å². The molecule has 228 valence electrons. The summed E-state index contributed by atoms with van der Waals surface area (Å²) in [6.07, 6.45) is 0. The van der Waals surface area contributed by atoms with Crippen molar-refractivity contribution in [2.45, 2.75) is 0 Å². The van der Waals surface area contributed by atoms with Crippen molar-refractivity contribution in [2.75, 3.05) is 0 Å². The van der Waals surface area contributed by atoms with Crippen LogP contribution in [0.5, 0.6) is 0 Å². The molecule has 10 rings (SSSR count). The predicted octanol–water partition coefficient (Wildman–Crippen LogP) is 13.7. The van der Waals surface area contributed by atoms with E-state index in [2.05, 4.69) is 176 Å². The Bertz CT molecular complexity index is 2820. The summed E-state index contributed by atoms with van der Waals surface area (Å²) >= 11 is 0. The van der Waals surface area contributed by atoms with Crippen molar-refractivity contribution in [1.82, 2.24) is 0 Å². The van der Waals surface area contributed by atoms with Crippen LogP contribution < -0.4 is 0 Å². The second kappa shape index (κ2) is 11.1. The molecule has 0 atom stereocenters. The van der Waals surface area contributed by atoms with Crippen molar-refractivity contribution >= 4 is 54.3 Å². The van der Waals surface area contributed by atoms with Gasteiger partial charge >= 0.3 is 0 Å². The topological polar surface area (TPSA) is 13.1 Å². The molecule has 0 fully saturated rings. The van der Waals surface area contributed by atoms with Gasteiger partial charge in [-0.3, -0.25) is 0 Å². The van der Waals surface area contributed by atoms with Crippen LogP contribution in [0.2, 0.25) is 0 Å². The summed E-state index contributed by atoms with van der Waals surface area (Å²) in [5.41, 5.74) is 11.4. The van der Waals surface area contributed by atoms with Gasteiger partial charge in [0.25, 0.3) is 0 Å². The molecule has 49 heavy (non-hydrogen) atoms. The third kappa shape index (κ3) is 4.47. The van der Waals surface area contributed by atoms with Gasteiger partial charge in [0.05, 0.1) is 0 Å². The van der Waals surface area contributed by atoms with Gasteiger partial charge in [-0.15, -0.1) is 0 Å². The van der Waals surface area contributed by atoms with Crippen LogP contribution in [0.25, 0.3) is 98.8 Å². The summed E-state index contributed by atoms with van der Waals surface area (Å²) in [7, 11) is 0. The van der Waals surface area contributed by atoms with Crippen LogP contribution >= 0.6 is 0 Å². The minimum Gasteiger partial charge on any atom is -0.455 e.